The first-order chi connectivity index (χ1) is 11.0. The molecule has 0 bridgehead atoms. The standard InChI is InChI=1S/C16H22O7S.Na.H/c1-10(2)8-22-15(17)12-5-6-13(14(7-12)24(19,20)21)16(18)23-9-11(3)4;;/h5-7,10-11H,8-9H2,1-4H3,(H,19,20,21);;. The van der Waals surface area contributed by atoms with Crippen LogP contribution in [0.25, 0.3) is 0 Å². The Kier molecular flexibility index (Phi) is 9.89. The van der Waals surface area contributed by atoms with Gasteiger partial charge in [-0.2, -0.15) is 8.42 Å². The first kappa shape index (κ1) is 24.1. The number of benzene rings is 1. The SMILES string of the molecule is CC(C)COC(=O)c1ccc(C(=O)OCC(C)C)c(S(=O)(=O)O)c1.[NaH]. The van der Waals surface area contributed by atoms with Crippen LogP contribution in [0.4, 0.5) is 0 Å². The van der Waals surface area contributed by atoms with Crippen LogP contribution < -0.4 is 0 Å². The Hall–Kier alpha value is -0.930. The van der Waals surface area contributed by atoms with Crippen LogP contribution >= 0.6 is 0 Å². The molecule has 136 valence electrons. The first-order valence-electron chi connectivity index (χ1n) is 7.48. The van der Waals surface area contributed by atoms with Crippen LogP contribution in [0.1, 0.15) is 48.4 Å². The molecule has 9 heteroatoms. The molecule has 0 spiro atoms. The van der Waals surface area contributed by atoms with Gasteiger partial charge in [0.1, 0.15) is 4.90 Å². The molecule has 0 saturated heterocycles. The summed E-state index contributed by atoms with van der Waals surface area (Å²) in [5.74, 6) is -1.46. The number of rotatable bonds is 7. The molecular weight excluding hydrogens is 359 g/mol. The van der Waals surface area contributed by atoms with Crippen LogP contribution in [0.3, 0.4) is 0 Å². The number of hydrogen-bond acceptors (Lipinski definition) is 6. The van der Waals surface area contributed by atoms with E-state index in [0.29, 0.717) is 0 Å². The van der Waals surface area contributed by atoms with Crippen molar-refractivity contribution in [1.82, 2.24) is 0 Å². The van der Waals surface area contributed by atoms with Crippen molar-refractivity contribution in [1.29, 1.82) is 0 Å². The molecule has 1 N–H and O–H groups in total. The average Bonchev–Trinajstić information content (AvgIpc) is 2.48. The van der Waals surface area contributed by atoms with Crippen LogP contribution in [0, 0.1) is 11.8 Å². The van der Waals surface area contributed by atoms with Crippen molar-refractivity contribution in [3.63, 3.8) is 0 Å². The van der Waals surface area contributed by atoms with Gasteiger partial charge in [-0.05, 0) is 30.0 Å². The summed E-state index contributed by atoms with van der Waals surface area (Å²) in [5, 5.41) is 0. The van der Waals surface area contributed by atoms with Gasteiger partial charge in [-0.3, -0.25) is 4.55 Å². The molecule has 1 aromatic rings. The van der Waals surface area contributed by atoms with E-state index < -0.39 is 27.0 Å². The van der Waals surface area contributed by atoms with E-state index in [1.54, 1.807) is 0 Å². The molecule has 0 fully saturated rings. The van der Waals surface area contributed by atoms with Gasteiger partial charge in [-0.25, -0.2) is 9.59 Å². The second-order valence-electron chi connectivity index (χ2n) is 6.17. The predicted molar refractivity (Wildman–Crippen MR) is 93.6 cm³/mol. The van der Waals surface area contributed by atoms with E-state index in [1.807, 2.05) is 27.7 Å². The third-order valence-electron chi connectivity index (χ3n) is 2.81. The maximum atomic E-state index is 12.0. The van der Waals surface area contributed by atoms with Gasteiger partial charge in [0.15, 0.2) is 0 Å². The molecule has 1 aromatic carbocycles. The Labute approximate surface area is 170 Å². The number of esters is 2. The van der Waals surface area contributed by atoms with Crippen molar-refractivity contribution in [2.24, 2.45) is 11.8 Å². The van der Waals surface area contributed by atoms with E-state index in [0.717, 1.165) is 12.1 Å². The molecule has 0 radical (unpaired) electrons. The van der Waals surface area contributed by atoms with Gasteiger partial charge in [0.2, 0.25) is 0 Å². The molecule has 0 aliphatic carbocycles. The summed E-state index contributed by atoms with van der Waals surface area (Å²) in [7, 11) is -4.71. The maximum absolute atomic E-state index is 12.0. The van der Waals surface area contributed by atoms with Gasteiger partial charge < -0.3 is 9.47 Å². The molecule has 0 aliphatic heterocycles. The topological polar surface area (TPSA) is 107 Å². The Balaban J connectivity index is 0.00000576. The summed E-state index contributed by atoms with van der Waals surface area (Å²) in [6.45, 7) is 7.62. The van der Waals surface area contributed by atoms with Gasteiger partial charge in [-0.15, -0.1) is 0 Å². The van der Waals surface area contributed by atoms with Gasteiger partial charge in [0.05, 0.1) is 24.3 Å². The molecule has 0 atom stereocenters. The molecule has 0 aliphatic rings. The summed E-state index contributed by atoms with van der Waals surface area (Å²) in [5.41, 5.74) is -0.415. The third-order valence-corrected chi connectivity index (χ3v) is 3.70. The van der Waals surface area contributed by atoms with E-state index >= 15 is 0 Å². The van der Waals surface area contributed by atoms with Crippen molar-refractivity contribution in [2.75, 3.05) is 13.2 Å². The molecular formula is C16H23NaO7S. The Morgan fingerprint density at radius 2 is 1.48 bits per heavy atom. The normalized spacial score (nSPS) is 11.2. The summed E-state index contributed by atoms with van der Waals surface area (Å²) in [6.07, 6.45) is 0. The van der Waals surface area contributed by atoms with Crippen LogP contribution in [0.15, 0.2) is 23.1 Å². The Morgan fingerprint density at radius 1 is 1.00 bits per heavy atom. The number of ether oxygens (including phenoxy) is 2. The summed E-state index contributed by atoms with van der Waals surface area (Å²) in [6, 6.07) is 3.28. The fourth-order valence-electron chi connectivity index (χ4n) is 1.68. The van der Waals surface area contributed by atoms with E-state index in [-0.39, 0.29) is 65.7 Å². The average molecular weight is 382 g/mol. The van der Waals surface area contributed by atoms with E-state index in [4.69, 9.17) is 9.47 Å². The molecule has 0 aromatic heterocycles. The van der Waals surface area contributed by atoms with Gasteiger partial charge in [0.25, 0.3) is 10.1 Å². The second kappa shape index (κ2) is 10.3. The van der Waals surface area contributed by atoms with E-state index in [1.165, 1.54) is 6.07 Å². The van der Waals surface area contributed by atoms with Gasteiger partial charge in [0, 0.05) is 0 Å². The number of carbonyl (C=O) groups excluding carboxylic acids is 2. The number of hydrogen-bond donors (Lipinski definition) is 1. The molecule has 25 heavy (non-hydrogen) atoms. The van der Waals surface area contributed by atoms with Crippen LogP contribution in [-0.2, 0) is 19.6 Å². The van der Waals surface area contributed by atoms with Crippen molar-refractivity contribution >= 4 is 51.6 Å². The fourth-order valence-corrected chi connectivity index (χ4v) is 2.38. The minimum atomic E-state index is -4.71. The zero-order valence-corrected chi connectivity index (χ0v) is 14.9. The van der Waals surface area contributed by atoms with E-state index in [2.05, 4.69) is 0 Å². The monoisotopic (exact) mass is 382 g/mol. The Morgan fingerprint density at radius 3 is 1.92 bits per heavy atom. The molecule has 0 amide bonds. The third kappa shape index (κ3) is 7.87. The Bertz CT molecular complexity index is 711. The predicted octanol–water partition coefficient (Wildman–Crippen LogP) is 1.91. The minimum absolute atomic E-state index is 0. The molecule has 1 rings (SSSR count). The number of carbonyl (C=O) groups is 2. The van der Waals surface area contributed by atoms with Crippen molar-refractivity contribution in [3.8, 4) is 0 Å². The molecule has 0 heterocycles. The first-order valence-corrected chi connectivity index (χ1v) is 8.92. The fraction of sp³-hybridized carbons (Fsp3) is 0.500. The summed E-state index contributed by atoms with van der Waals surface area (Å²) in [4.78, 5) is 23.2. The summed E-state index contributed by atoms with van der Waals surface area (Å²) >= 11 is 0. The van der Waals surface area contributed by atoms with E-state index in [9.17, 15) is 22.6 Å². The van der Waals surface area contributed by atoms with Crippen LogP contribution in [-0.4, -0.2) is 67.7 Å². The van der Waals surface area contributed by atoms with Crippen molar-refractivity contribution in [2.45, 2.75) is 32.6 Å². The van der Waals surface area contributed by atoms with Gasteiger partial charge >= 0.3 is 41.5 Å². The quantitative estimate of drug-likeness (QED) is 0.436. The molecule has 0 saturated carbocycles. The van der Waals surface area contributed by atoms with Crippen LogP contribution in [0.2, 0.25) is 0 Å². The zero-order chi connectivity index (χ0) is 18.5. The second-order valence-corrected chi connectivity index (χ2v) is 7.56. The van der Waals surface area contributed by atoms with Crippen LogP contribution in [0.5, 0.6) is 0 Å². The van der Waals surface area contributed by atoms with Crippen molar-refractivity contribution in [3.05, 3.63) is 29.3 Å². The molecule has 0 unspecified atom stereocenters. The van der Waals surface area contributed by atoms with Crippen molar-refractivity contribution < 1.29 is 32.0 Å². The summed E-state index contributed by atoms with van der Waals surface area (Å²) < 4.78 is 42.4. The zero-order valence-electron chi connectivity index (χ0n) is 14.1. The molecule has 7 nitrogen and oxygen atoms in total. The van der Waals surface area contributed by atoms with Gasteiger partial charge in [-0.1, -0.05) is 27.7 Å².